The molecule has 0 bridgehead atoms. The predicted molar refractivity (Wildman–Crippen MR) is 87.8 cm³/mol. The first-order chi connectivity index (χ1) is 11.7. The van der Waals surface area contributed by atoms with Crippen molar-refractivity contribution in [2.24, 2.45) is 0 Å². The minimum absolute atomic E-state index is 0.247. The maximum Gasteiger partial charge on any atom is 0.269 e. The van der Waals surface area contributed by atoms with Crippen LogP contribution >= 0.6 is 0 Å². The first-order valence-electron chi connectivity index (χ1n) is 7.27. The van der Waals surface area contributed by atoms with E-state index in [1.165, 1.54) is 7.11 Å². The Morgan fingerprint density at radius 3 is 2.67 bits per heavy atom. The van der Waals surface area contributed by atoms with Gasteiger partial charge in [0.25, 0.3) is 5.91 Å². The molecular formula is C17H19N3O4. The Labute approximate surface area is 140 Å². The van der Waals surface area contributed by atoms with Crippen LogP contribution in [0.25, 0.3) is 5.69 Å². The summed E-state index contributed by atoms with van der Waals surface area (Å²) in [5.41, 5.74) is 1.16. The van der Waals surface area contributed by atoms with Crippen LogP contribution in [-0.4, -0.2) is 45.0 Å². The number of nitrogens with one attached hydrogen (secondary N) is 1. The molecule has 0 aliphatic heterocycles. The lowest BCUT2D eigenvalue weighted by Crippen LogP contribution is -2.29. The van der Waals surface area contributed by atoms with Crippen LogP contribution in [0, 0.1) is 11.3 Å². The third-order valence-electron chi connectivity index (χ3n) is 3.46. The van der Waals surface area contributed by atoms with E-state index < -0.39 is 0 Å². The lowest BCUT2D eigenvalue weighted by molar-refractivity contribution is 0.0930. The molecular weight excluding hydrogens is 310 g/mol. The Kier molecular flexibility index (Phi) is 5.82. The summed E-state index contributed by atoms with van der Waals surface area (Å²) in [6, 6.07) is 8.88. The molecule has 0 aliphatic carbocycles. The van der Waals surface area contributed by atoms with Crippen LogP contribution in [0.2, 0.25) is 0 Å². The molecule has 1 heterocycles. The number of methoxy groups -OCH3 is 3. The predicted octanol–water partition coefficient (Wildman–Crippen LogP) is 1.74. The van der Waals surface area contributed by atoms with Crippen molar-refractivity contribution in [3.8, 4) is 23.3 Å². The van der Waals surface area contributed by atoms with Crippen LogP contribution < -0.4 is 14.8 Å². The number of carbonyl (C=O) groups is 1. The van der Waals surface area contributed by atoms with Crippen LogP contribution in [0.15, 0.2) is 30.5 Å². The maximum atomic E-state index is 12.5. The molecule has 0 aliphatic rings. The summed E-state index contributed by atoms with van der Waals surface area (Å²) in [6.45, 7) is 0.741. The average Bonchev–Trinajstić information content (AvgIpc) is 3.05. The molecule has 0 atom stereocenters. The Bertz CT molecular complexity index is 762. The van der Waals surface area contributed by atoms with Crippen molar-refractivity contribution in [2.45, 2.75) is 0 Å². The minimum atomic E-state index is -0.355. The van der Waals surface area contributed by atoms with Gasteiger partial charge < -0.3 is 24.1 Å². The molecule has 1 amide bonds. The Balaban J connectivity index is 2.47. The van der Waals surface area contributed by atoms with E-state index in [1.807, 2.05) is 6.07 Å². The molecule has 2 rings (SSSR count). The molecule has 1 N–H and O–H groups in total. The van der Waals surface area contributed by atoms with E-state index in [0.717, 1.165) is 0 Å². The number of hydrogen-bond donors (Lipinski definition) is 1. The molecule has 24 heavy (non-hydrogen) atoms. The Morgan fingerprint density at radius 1 is 1.25 bits per heavy atom. The van der Waals surface area contributed by atoms with Gasteiger partial charge in [-0.1, -0.05) is 0 Å². The molecule has 0 fully saturated rings. The lowest BCUT2D eigenvalue weighted by Gasteiger charge is -2.14. The zero-order chi connectivity index (χ0) is 17.5. The van der Waals surface area contributed by atoms with Crippen LogP contribution in [0.1, 0.15) is 16.1 Å². The van der Waals surface area contributed by atoms with Crippen LogP contribution in [0.5, 0.6) is 11.5 Å². The van der Waals surface area contributed by atoms with Crippen molar-refractivity contribution in [1.29, 1.82) is 5.26 Å². The molecule has 0 saturated carbocycles. The van der Waals surface area contributed by atoms with E-state index >= 15 is 0 Å². The highest BCUT2D eigenvalue weighted by Crippen LogP contribution is 2.30. The monoisotopic (exact) mass is 329 g/mol. The summed E-state index contributed by atoms with van der Waals surface area (Å²) in [4.78, 5) is 12.5. The van der Waals surface area contributed by atoms with Gasteiger partial charge in [0.1, 0.15) is 23.3 Å². The summed E-state index contributed by atoms with van der Waals surface area (Å²) in [5.74, 6) is 0.807. The molecule has 126 valence electrons. The van der Waals surface area contributed by atoms with Gasteiger partial charge in [0.15, 0.2) is 0 Å². The van der Waals surface area contributed by atoms with E-state index in [-0.39, 0.29) is 17.2 Å². The highest BCUT2D eigenvalue weighted by Gasteiger charge is 2.20. The van der Waals surface area contributed by atoms with Crippen molar-refractivity contribution >= 4 is 5.91 Å². The third-order valence-corrected chi connectivity index (χ3v) is 3.46. The van der Waals surface area contributed by atoms with Gasteiger partial charge in [0.05, 0.1) is 32.1 Å². The number of nitrogens with zero attached hydrogens (tertiary/aromatic N) is 2. The first kappa shape index (κ1) is 17.4. The second kappa shape index (κ2) is 8.04. The topological polar surface area (TPSA) is 85.5 Å². The van der Waals surface area contributed by atoms with E-state index in [0.29, 0.717) is 30.3 Å². The van der Waals surface area contributed by atoms with Crippen LogP contribution in [-0.2, 0) is 4.74 Å². The molecule has 0 spiro atoms. The smallest absolute Gasteiger partial charge is 0.269 e. The van der Waals surface area contributed by atoms with Gasteiger partial charge in [0.2, 0.25) is 0 Å². The molecule has 2 aromatic rings. The molecule has 7 nitrogen and oxygen atoms in total. The third kappa shape index (κ3) is 3.50. The molecule has 0 unspecified atom stereocenters. The number of ether oxygens (including phenoxy) is 3. The molecule has 1 aromatic carbocycles. The largest absolute Gasteiger partial charge is 0.497 e. The fourth-order valence-corrected chi connectivity index (χ4v) is 2.29. The van der Waals surface area contributed by atoms with Crippen LogP contribution in [0.3, 0.4) is 0 Å². The van der Waals surface area contributed by atoms with Gasteiger partial charge in [0, 0.05) is 25.9 Å². The van der Waals surface area contributed by atoms with Gasteiger partial charge in [-0.05, 0) is 18.2 Å². The van der Waals surface area contributed by atoms with Gasteiger partial charge in [-0.15, -0.1) is 0 Å². The highest BCUT2D eigenvalue weighted by molar-refractivity contribution is 5.96. The summed E-state index contributed by atoms with van der Waals surface area (Å²) in [5, 5.41) is 12.0. The number of carbonyl (C=O) groups excluding carboxylic acids is 1. The lowest BCUT2D eigenvalue weighted by atomic mass is 10.2. The second-order valence-corrected chi connectivity index (χ2v) is 4.85. The Hall–Kier alpha value is -2.98. The van der Waals surface area contributed by atoms with Crippen molar-refractivity contribution in [3.05, 3.63) is 41.7 Å². The van der Waals surface area contributed by atoms with Gasteiger partial charge >= 0.3 is 0 Å². The average molecular weight is 329 g/mol. The van der Waals surface area contributed by atoms with E-state index in [1.54, 1.807) is 49.2 Å². The number of hydrogen-bond acceptors (Lipinski definition) is 5. The summed E-state index contributed by atoms with van der Waals surface area (Å²) >= 11 is 0. The molecule has 0 saturated heterocycles. The fraction of sp³-hybridized carbons (Fsp3) is 0.294. The zero-order valence-corrected chi connectivity index (χ0v) is 13.8. The minimum Gasteiger partial charge on any atom is -0.497 e. The summed E-state index contributed by atoms with van der Waals surface area (Å²) < 4.78 is 17.1. The zero-order valence-electron chi connectivity index (χ0n) is 13.8. The number of amides is 1. The number of rotatable bonds is 7. The number of nitriles is 1. The van der Waals surface area contributed by atoms with Crippen molar-refractivity contribution in [3.63, 3.8) is 0 Å². The number of benzene rings is 1. The standard InChI is InChI=1S/C17H19N3O4/c1-22-9-7-19-17(21)16-12(11-18)6-8-20(16)14-5-4-13(23-2)10-15(14)24-3/h4-6,8,10H,7,9H2,1-3H3,(H,19,21). The van der Waals surface area contributed by atoms with Gasteiger partial charge in [-0.3, -0.25) is 4.79 Å². The van der Waals surface area contributed by atoms with Crippen molar-refractivity contribution in [1.82, 2.24) is 9.88 Å². The van der Waals surface area contributed by atoms with Crippen molar-refractivity contribution in [2.75, 3.05) is 34.5 Å². The van der Waals surface area contributed by atoms with Crippen LogP contribution in [0.4, 0.5) is 0 Å². The Morgan fingerprint density at radius 2 is 2.04 bits per heavy atom. The summed E-state index contributed by atoms with van der Waals surface area (Å²) in [7, 11) is 4.65. The first-order valence-corrected chi connectivity index (χ1v) is 7.27. The molecule has 0 radical (unpaired) electrons. The fourth-order valence-electron chi connectivity index (χ4n) is 2.29. The van der Waals surface area contributed by atoms with Gasteiger partial charge in [-0.25, -0.2) is 0 Å². The number of aromatic nitrogens is 1. The quantitative estimate of drug-likeness (QED) is 0.782. The van der Waals surface area contributed by atoms with Crippen molar-refractivity contribution < 1.29 is 19.0 Å². The molecule has 7 heteroatoms. The second-order valence-electron chi connectivity index (χ2n) is 4.85. The van der Waals surface area contributed by atoms with Gasteiger partial charge in [-0.2, -0.15) is 5.26 Å². The SMILES string of the molecule is COCCNC(=O)c1c(C#N)ccn1-c1ccc(OC)cc1OC. The van der Waals surface area contributed by atoms with E-state index in [4.69, 9.17) is 14.2 Å². The van der Waals surface area contributed by atoms with E-state index in [9.17, 15) is 10.1 Å². The van der Waals surface area contributed by atoms with E-state index in [2.05, 4.69) is 5.32 Å². The maximum absolute atomic E-state index is 12.5. The summed E-state index contributed by atoms with van der Waals surface area (Å²) in [6.07, 6.45) is 1.66. The molecule has 1 aromatic heterocycles. The highest BCUT2D eigenvalue weighted by atomic mass is 16.5. The normalized spacial score (nSPS) is 10.1.